The molecule has 1 heterocycles. The smallest absolute Gasteiger partial charge is 0.121 e. The van der Waals surface area contributed by atoms with Gasteiger partial charge in [-0.2, -0.15) is 0 Å². The predicted octanol–water partition coefficient (Wildman–Crippen LogP) is 1.11. The summed E-state index contributed by atoms with van der Waals surface area (Å²) >= 11 is 0. The Morgan fingerprint density at radius 3 is 2.91 bits per heavy atom. The molecule has 0 aliphatic carbocycles. The zero-order valence-corrected chi connectivity index (χ0v) is 6.95. The highest BCUT2D eigenvalue weighted by Crippen LogP contribution is 2.09. The number of rotatable bonds is 3. The van der Waals surface area contributed by atoms with Gasteiger partial charge in [0.1, 0.15) is 6.73 Å². The van der Waals surface area contributed by atoms with Crippen LogP contribution in [0, 0.1) is 0 Å². The fourth-order valence-corrected chi connectivity index (χ4v) is 0.958. The minimum absolute atomic E-state index is 0.105. The van der Waals surface area contributed by atoms with Gasteiger partial charge in [-0.05, 0) is 18.6 Å². The van der Waals surface area contributed by atoms with E-state index in [1.807, 2.05) is 30.0 Å². The van der Waals surface area contributed by atoms with Gasteiger partial charge in [-0.15, -0.1) is 0 Å². The predicted molar refractivity (Wildman–Crippen MR) is 44.0 cm³/mol. The molecule has 1 aromatic rings. The minimum Gasteiger partial charge on any atom is -0.364 e. The van der Waals surface area contributed by atoms with Gasteiger partial charge in [0.05, 0.1) is 0 Å². The summed E-state index contributed by atoms with van der Waals surface area (Å²) in [5, 5.41) is 0. The number of hydrogen-bond acceptors (Lipinski definition) is 2. The Hall–Kier alpha value is -0.800. The van der Waals surface area contributed by atoms with Crippen LogP contribution in [-0.4, -0.2) is 11.7 Å². The van der Waals surface area contributed by atoms with Crippen molar-refractivity contribution in [3.63, 3.8) is 0 Å². The van der Waals surface area contributed by atoms with Crippen molar-refractivity contribution in [2.75, 3.05) is 7.11 Å². The highest BCUT2D eigenvalue weighted by atomic mass is 16.5. The zero-order valence-electron chi connectivity index (χ0n) is 6.95. The molecule has 0 aliphatic rings. The van der Waals surface area contributed by atoms with Crippen LogP contribution in [-0.2, 0) is 11.5 Å². The quantitative estimate of drug-likeness (QED) is 0.708. The van der Waals surface area contributed by atoms with E-state index < -0.39 is 0 Å². The Kier molecular flexibility index (Phi) is 2.68. The summed E-state index contributed by atoms with van der Waals surface area (Å²) in [4.78, 5) is 0. The van der Waals surface area contributed by atoms with Gasteiger partial charge in [-0.3, -0.25) is 0 Å². The van der Waals surface area contributed by atoms with E-state index in [4.69, 9.17) is 10.5 Å². The molecule has 0 saturated heterocycles. The van der Waals surface area contributed by atoms with Crippen LogP contribution in [0.25, 0.3) is 0 Å². The Morgan fingerprint density at radius 1 is 1.73 bits per heavy atom. The van der Waals surface area contributed by atoms with E-state index in [1.165, 1.54) is 0 Å². The molecule has 0 aliphatic heterocycles. The standard InChI is InChI=1S/C8H14N2O/c1-7(9)8-3-4-10(5-8)6-11-2/h3-5,7H,6,9H2,1-2H3. The van der Waals surface area contributed by atoms with Gasteiger partial charge in [0.25, 0.3) is 0 Å². The molecule has 0 radical (unpaired) electrons. The third kappa shape index (κ3) is 2.06. The third-order valence-electron chi connectivity index (χ3n) is 1.58. The molecule has 0 saturated carbocycles. The van der Waals surface area contributed by atoms with Crippen LogP contribution in [0.5, 0.6) is 0 Å². The summed E-state index contributed by atoms with van der Waals surface area (Å²) < 4.78 is 6.90. The molecular formula is C8H14N2O. The number of hydrogen-bond donors (Lipinski definition) is 1. The fourth-order valence-electron chi connectivity index (χ4n) is 0.958. The van der Waals surface area contributed by atoms with E-state index in [1.54, 1.807) is 7.11 Å². The summed E-state index contributed by atoms with van der Waals surface area (Å²) in [7, 11) is 1.67. The highest BCUT2D eigenvalue weighted by Gasteiger charge is 1.99. The van der Waals surface area contributed by atoms with Crippen molar-refractivity contribution in [2.45, 2.75) is 19.7 Å². The molecule has 0 aromatic carbocycles. The first-order chi connectivity index (χ1) is 5.24. The molecule has 1 unspecified atom stereocenters. The Labute approximate surface area is 66.8 Å². The molecule has 0 amide bonds. The maximum atomic E-state index is 5.67. The lowest BCUT2D eigenvalue weighted by atomic mass is 10.2. The van der Waals surface area contributed by atoms with Crippen LogP contribution in [0.3, 0.4) is 0 Å². The first kappa shape index (κ1) is 8.30. The Balaban J connectivity index is 2.66. The van der Waals surface area contributed by atoms with Crippen molar-refractivity contribution in [3.8, 4) is 0 Å². The van der Waals surface area contributed by atoms with E-state index in [0.29, 0.717) is 6.73 Å². The highest BCUT2D eigenvalue weighted by molar-refractivity contribution is 5.13. The molecule has 0 bridgehead atoms. The zero-order chi connectivity index (χ0) is 8.27. The monoisotopic (exact) mass is 154 g/mol. The van der Waals surface area contributed by atoms with Crippen molar-refractivity contribution in [3.05, 3.63) is 24.0 Å². The summed E-state index contributed by atoms with van der Waals surface area (Å²) in [6.07, 6.45) is 3.95. The van der Waals surface area contributed by atoms with Crippen molar-refractivity contribution in [2.24, 2.45) is 5.73 Å². The topological polar surface area (TPSA) is 40.2 Å². The lowest BCUT2D eigenvalue weighted by Gasteiger charge is -2.01. The number of nitrogens with zero attached hydrogens (tertiary/aromatic N) is 1. The summed E-state index contributed by atoms with van der Waals surface area (Å²) in [5.74, 6) is 0. The molecule has 3 heteroatoms. The lowest BCUT2D eigenvalue weighted by molar-refractivity contribution is 0.131. The van der Waals surface area contributed by atoms with Gasteiger partial charge in [0.2, 0.25) is 0 Å². The normalized spacial score (nSPS) is 13.4. The van der Waals surface area contributed by atoms with E-state index in [0.717, 1.165) is 5.56 Å². The molecule has 11 heavy (non-hydrogen) atoms. The molecular weight excluding hydrogens is 140 g/mol. The van der Waals surface area contributed by atoms with Crippen molar-refractivity contribution < 1.29 is 4.74 Å². The van der Waals surface area contributed by atoms with Gasteiger partial charge in [0.15, 0.2) is 0 Å². The van der Waals surface area contributed by atoms with Gasteiger partial charge in [-0.25, -0.2) is 0 Å². The molecule has 2 N–H and O–H groups in total. The van der Waals surface area contributed by atoms with Crippen LogP contribution < -0.4 is 5.73 Å². The van der Waals surface area contributed by atoms with Crippen molar-refractivity contribution in [1.29, 1.82) is 0 Å². The molecule has 1 rings (SSSR count). The second-order valence-electron chi connectivity index (χ2n) is 2.67. The Bertz CT molecular complexity index is 218. The van der Waals surface area contributed by atoms with E-state index in [-0.39, 0.29) is 6.04 Å². The maximum Gasteiger partial charge on any atom is 0.121 e. The van der Waals surface area contributed by atoms with Gasteiger partial charge in [0, 0.05) is 25.5 Å². The van der Waals surface area contributed by atoms with Gasteiger partial charge < -0.3 is 15.0 Å². The second-order valence-corrected chi connectivity index (χ2v) is 2.67. The van der Waals surface area contributed by atoms with Crippen LogP contribution >= 0.6 is 0 Å². The average Bonchev–Trinajstić information content (AvgIpc) is 2.37. The number of ether oxygens (including phenoxy) is 1. The van der Waals surface area contributed by atoms with E-state index in [2.05, 4.69) is 0 Å². The van der Waals surface area contributed by atoms with Gasteiger partial charge in [-0.1, -0.05) is 0 Å². The minimum atomic E-state index is 0.105. The summed E-state index contributed by atoms with van der Waals surface area (Å²) in [6.45, 7) is 2.55. The molecule has 1 aromatic heterocycles. The fraction of sp³-hybridized carbons (Fsp3) is 0.500. The van der Waals surface area contributed by atoms with E-state index >= 15 is 0 Å². The van der Waals surface area contributed by atoms with Crippen LogP contribution in [0.2, 0.25) is 0 Å². The van der Waals surface area contributed by atoms with Crippen LogP contribution in [0.15, 0.2) is 18.5 Å². The maximum absolute atomic E-state index is 5.67. The number of methoxy groups -OCH3 is 1. The van der Waals surface area contributed by atoms with Crippen LogP contribution in [0.4, 0.5) is 0 Å². The average molecular weight is 154 g/mol. The Morgan fingerprint density at radius 2 is 2.45 bits per heavy atom. The lowest BCUT2D eigenvalue weighted by Crippen LogP contribution is -2.03. The first-order valence-corrected chi connectivity index (χ1v) is 3.64. The second kappa shape index (κ2) is 3.55. The first-order valence-electron chi connectivity index (χ1n) is 3.64. The number of aromatic nitrogens is 1. The van der Waals surface area contributed by atoms with Crippen molar-refractivity contribution >= 4 is 0 Å². The molecule has 62 valence electrons. The summed E-state index contributed by atoms with van der Waals surface area (Å²) in [6, 6.07) is 2.11. The van der Waals surface area contributed by atoms with Gasteiger partial charge >= 0.3 is 0 Å². The molecule has 0 spiro atoms. The molecule has 1 atom stereocenters. The summed E-state index contributed by atoms with van der Waals surface area (Å²) in [5.41, 5.74) is 6.81. The van der Waals surface area contributed by atoms with Crippen LogP contribution in [0.1, 0.15) is 18.5 Å². The molecule has 0 fully saturated rings. The van der Waals surface area contributed by atoms with Crippen molar-refractivity contribution in [1.82, 2.24) is 4.57 Å². The van der Waals surface area contributed by atoms with E-state index in [9.17, 15) is 0 Å². The SMILES string of the molecule is COCn1ccc(C(C)N)c1. The number of nitrogens with two attached hydrogens (primary N) is 1. The molecule has 3 nitrogen and oxygen atoms in total. The third-order valence-corrected chi connectivity index (χ3v) is 1.58. The largest absolute Gasteiger partial charge is 0.364 e.